The van der Waals surface area contributed by atoms with Crippen LogP contribution in [0.2, 0.25) is 0 Å². The molecule has 1 saturated carbocycles. The summed E-state index contributed by atoms with van der Waals surface area (Å²) in [5, 5.41) is 13.2. The van der Waals surface area contributed by atoms with Crippen LogP contribution in [0.15, 0.2) is 12.1 Å². The van der Waals surface area contributed by atoms with Crippen LogP contribution in [0.25, 0.3) is 0 Å². The first-order valence-electron chi connectivity index (χ1n) is 7.54. The van der Waals surface area contributed by atoms with Crippen LogP contribution < -0.4 is 14.8 Å². The van der Waals surface area contributed by atoms with Crippen molar-refractivity contribution >= 4 is 0 Å². The molecule has 20 heavy (non-hydrogen) atoms. The average Bonchev–Trinajstić information content (AvgIpc) is 3.16. The van der Waals surface area contributed by atoms with Gasteiger partial charge in [-0.05, 0) is 38.8 Å². The van der Waals surface area contributed by atoms with Crippen molar-refractivity contribution in [1.29, 1.82) is 0 Å². The molecule has 2 N–H and O–H groups in total. The second-order valence-corrected chi connectivity index (χ2v) is 5.74. The van der Waals surface area contributed by atoms with Gasteiger partial charge in [0.25, 0.3) is 0 Å². The Labute approximate surface area is 120 Å². The maximum absolute atomic E-state index is 9.69. The van der Waals surface area contributed by atoms with Gasteiger partial charge in [0, 0.05) is 23.6 Å². The van der Waals surface area contributed by atoms with Gasteiger partial charge in [-0.2, -0.15) is 0 Å². The van der Waals surface area contributed by atoms with Crippen molar-refractivity contribution in [2.75, 3.05) is 13.2 Å². The molecule has 2 aliphatic rings. The molecule has 0 saturated heterocycles. The predicted octanol–water partition coefficient (Wildman–Crippen LogP) is 2.19. The number of hydrogen-bond acceptors (Lipinski definition) is 4. The lowest BCUT2D eigenvalue weighted by Gasteiger charge is -2.21. The smallest absolute Gasteiger partial charge is 0.124 e. The van der Waals surface area contributed by atoms with Gasteiger partial charge in [0.2, 0.25) is 0 Å². The molecule has 4 heteroatoms. The van der Waals surface area contributed by atoms with Crippen LogP contribution in [0, 0.1) is 0 Å². The van der Waals surface area contributed by atoms with Gasteiger partial charge in [-0.25, -0.2) is 0 Å². The highest BCUT2D eigenvalue weighted by molar-refractivity contribution is 5.50. The van der Waals surface area contributed by atoms with E-state index >= 15 is 0 Å². The summed E-state index contributed by atoms with van der Waals surface area (Å²) < 4.78 is 11.6. The molecule has 2 atom stereocenters. The molecule has 0 bridgehead atoms. The van der Waals surface area contributed by atoms with E-state index in [4.69, 9.17) is 9.47 Å². The van der Waals surface area contributed by atoms with E-state index in [9.17, 15) is 5.11 Å². The third-order valence-electron chi connectivity index (χ3n) is 3.90. The fourth-order valence-corrected chi connectivity index (χ4v) is 2.78. The van der Waals surface area contributed by atoms with Crippen LogP contribution in [0.1, 0.15) is 43.9 Å². The number of nitrogens with one attached hydrogen (secondary N) is 1. The summed E-state index contributed by atoms with van der Waals surface area (Å²) in [7, 11) is 0. The van der Waals surface area contributed by atoms with Gasteiger partial charge < -0.3 is 19.9 Å². The van der Waals surface area contributed by atoms with E-state index in [1.54, 1.807) is 0 Å². The third kappa shape index (κ3) is 2.76. The van der Waals surface area contributed by atoms with Crippen LogP contribution in [-0.2, 0) is 6.42 Å². The van der Waals surface area contributed by atoms with Gasteiger partial charge in [0.15, 0.2) is 0 Å². The molecule has 1 aliphatic heterocycles. The number of ether oxygens (including phenoxy) is 2. The molecular weight excluding hydrogens is 254 g/mol. The molecule has 0 amide bonds. The predicted molar refractivity (Wildman–Crippen MR) is 77.4 cm³/mol. The minimum atomic E-state index is -0.0751. The summed E-state index contributed by atoms with van der Waals surface area (Å²) in [5.41, 5.74) is 2.21. The highest BCUT2D eigenvalue weighted by Gasteiger charge is 2.29. The first kappa shape index (κ1) is 13.7. The highest BCUT2D eigenvalue weighted by atomic mass is 16.5. The fraction of sp³-hybridized carbons (Fsp3) is 0.625. The van der Waals surface area contributed by atoms with E-state index in [0.717, 1.165) is 23.5 Å². The van der Waals surface area contributed by atoms with E-state index in [1.807, 2.05) is 13.0 Å². The first-order chi connectivity index (χ1) is 9.71. The van der Waals surface area contributed by atoms with Crippen molar-refractivity contribution in [1.82, 2.24) is 5.32 Å². The molecule has 2 unspecified atom stereocenters. The lowest BCUT2D eigenvalue weighted by atomic mass is 10.0. The van der Waals surface area contributed by atoms with E-state index in [-0.39, 0.29) is 18.8 Å². The number of rotatable bonds is 6. The summed E-state index contributed by atoms with van der Waals surface area (Å²) in [5.74, 6) is 1.81. The molecule has 0 aromatic heterocycles. The molecule has 1 fully saturated rings. The zero-order valence-corrected chi connectivity index (χ0v) is 12.2. The van der Waals surface area contributed by atoms with Gasteiger partial charge in [-0.3, -0.25) is 0 Å². The Kier molecular flexibility index (Phi) is 3.85. The van der Waals surface area contributed by atoms with Gasteiger partial charge in [0.1, 0.15) is 17.6 Å². The molecule has 3 rings (SSSR count). The van der Waals surface area contributed by atoms with Crippen molar-refractivity contribution < 1.29 is 14.6 Å². The van der Waals surface area contributed by atoms with Crippen LogP contribution >= 0.6 is 0 Å². The van der Waals surface area contributed by atoms with Crippen LogP contribution in [0.3, 0.4) is 0 Å². The number of fused-ring (bicyclic) bond motifs is 1. The summed E-state index contributed by atoms with van der Waals surface area (Å²) in [6.07, 6.45) is 3.53. The molecule has 110 valence electrons. The molecule has 1 aliphatic carbocycles. The van der Waals surface area contributed by atoms with Crippen molar-refractivity contribution in [3.05, 3.63) is 23.3 Å². The summed E-state index contributed by atoms with van der Waals surface area (Å²) in [6.45, 7) is 4.76. The van der Waals surface area contributed by atoms with Crippen molar-refractivity contribution in [2.24, 2.45) is 0 Å². The molecule has 1 aromatic carbocycles. The van der Waals surface area contributed by atoms with Crippen LogP contribution in [-0.4, -0.2) is 30.5 Å². The Morgan fingerprint density at radius 2 is 2.25 bits per heavy atom. The topological polar surface area (TPSA) is 50.7 Å². The molecule has 0 spiro atoms. The lowest BCUT2D eigenvalue weighted by Crippen LogP contribution is -2.26. The van der Waals surface area contributed by atoms with E-state index < -0.39 is 0 Å². The molecule has 1 aromatic rings. The second-order valence-electron chi connectivity index (χ2n) is 5.74. The zero-order valence-electron chi connectivity index (χ0n) is 12.2. The van der Waals surface area contributed by atoms with Crippen LogP contribution in [0.4, 0.5) is 0 Å². The number of hydrogen-bond donors (Lipinski definition) is 2. The number of aliphatic hydroxyl groups excluding tert-OH is 1. The Morgan fingerprint density at radius 3 is 2.90 bits per heavy atom. The largest absolute Gasteiger partial charge is 0.494 e. The highest BCUT2D eigenvalue weighted by Crippen LogP contribution is 2.38. The average molecular weight is 277 g/mol. The second kappa shape index (κ2) is 5.62. The van der Waals surface area contributed by atoms with Gasteiger partial charge in [-0.15, -0.1) is 0 Å². The van der Waals surface area contributed by atoms with E-state index in [0.29, 0.717) is 12.6 Å². The third-order valence-corrected chi connectivity index (χ3v) is 3.90. The van der Waals surface area contributed by atoms with Crippen molar-refractivity contribution in [2.45, 2.75) is 51.3 Å². The minimum absolute atomic E-state index is 0.0743. The van der Waals surface area contributed by atoms with Gasteiger partial charge >= 0.3 is 0 Å². The quantitative estimate of drug-likeness (QED) is 0.837. The van der Waals surface area contributed by atoms with Crippen LogP contribution in [0.5, 0.6) is 11.5 Å². The standard InChI is InChI=1S/C16H23NO3/c1-3-19-16-7-11-6-10(2)20-15(11)8-13(16)14(9-18)17-12-4-5-12/h7-8,10,12,14,17-18H,3-6,9H2,1-2H3. The molecule has 0 radical (unpaired) electrons. The summed E-state index contributed by atoms with van der Waals surface area (Å²) in [6, 6.07) is 4.58. The normalized spacial score (nSPS) is 22.2. The SMILES string of the molecule is CCOc1cc2c(cc1C(CO)NC1CC1)OC(C)C2. The molecule has 1 heterocycles. The van der Waals surface area contributed by atoms with Crippen molar-refractivity contribution in [3.8, 4) is 11.5 Å². The Morgan fingerprint density at radius 1 is 1.45 bits per heavy atom. The maximum atomic E-state index is 9.69. The number of aliphatic hydroxyl groups is 1. The van der Waals surface area contributed by atoms with Gasteiger partial charge in [-0.1, -0.05) is 0 Å². The zero-order chi connectivity index (χ0) is 14.1. The Balaban J connectivity index is 1.92. The fourth-order valence-electron chi connectivity index (χ4n) is 2.78. The Hall–Kier alpha value is -1.26. The summed E-state index contributed by atoms with van der Waals surface area (Å²) in [4.78, 5) is 0. The lowest BCUT2D eigenvalue weighted by molar-refractivity contribution is 0.235. The Bertz CT molecular complexity index is 485. The maximum Gasteiger partial charge on any atom is 0.124 e. The molecule has 4 nitrogen and oxygen atoms in total. The summed E-state index contributed by atoms with van der Waals surface area (Å²) >= 11 is 0. The van der Waals surface area contributed by atoms with E-state index in [1.165, 1.54) is 18.4 Å². The van der Waals surface area contributed by atoms with E-state index in [2.05, 4.69) is 18.3 Å². The molecular formula is C16H23NO3. The minimum Gasteiger partial charge on any atom is -0.494 e. The van der Waals surface area contributed by atoms with Crippen molar-refractivity contribution in [3.63, 3.8) is 0 Å². The monoisotopic (exact) mass is 277 g/mol. The van der Waals surface area contributed by atoms with Gasteiger partial charge in [0.05, 0.1) is 19.3 Å². The number of benzene rings is 1. The first-order valence-corrected chi connectivity index (χ1v) is 7.54.